The lowest BCUT2D eigenvalue weighted by Gasteiger charge is -2.23. The molecule has 0 amide bonds. The molecular formula is C8H17NOS. The molecule has 0 fully saturated rings. The molecule has 2 unspecified atom stereocenters. The van der Waals surface area contributed by atoms with Crippen molar-refractivity contribution >= 4 is 17.4 Å². The Balaban J connectivity index is 3.82. The van der Waals surface area contributed by atoms with Crippen molar-refractivity contribution in [1.82, 2.24) is 0 Å². The van der Waals surface area contributed by atoms with Crippen LogP contribution in [-0.4, -0.2) is 11.3 Å². The smallest absolute Gasteiger partial charge is 0.254 e. The van der Waals surface area contributed by atoms with Gasteiger partial charge in [0.2, 0.25) is 0 Å². The third-order valence-corrected chi connectivity index (χ3v) is 2.19. The van der Waals surface area contributed by atoms with E-state index in [1.165, 1.54) is 0 Å². The van der Waals surface area contributed by atoms with Crippen LogP contribution in [0.2, 0.25) is 0 Å². The minimum atomic E-state index is 0.118. The standard InChI is InChI=1S/C8H17NOS/c1-5(2)6(3)7(4)10-8(9)11/h5-7H,1-4H3,(H2,9,11). The van der Waals surface area contributed by atoms with E-state index in [1.807, 2.05) is 6.92 Å². The molecule has 0 rings (SSSR count). The lowest BCUT2D eigenvalue weighted by atomic mass is 9.93. The van der Waals surface area contributed by atoms with Crippen molar-refractivity contribution in [3.63, 3.8) is 0 Å². The number of hydrogen-bond acceptors (Lipinski definition) is 2. The Kier molecular flexibility index (Phi) is 4.42. The van der Waals surface area contributed by atoms with E-state index in [1.54, 1.807) is 0 Å². The van der Waals surface area contributed by atoms with Gasteiger partial charge in [-0.05, 0) is 31.0 Å². The number of hydrogen-bond donors (Lipinski definition) is 1. The quantitative estimate of drug-likeness (QED) is 0.666. The van der Waals surface area contributed by atoms with Gasteiger partial charge >= 0.3 is 0 Å². The molecule has 2 nitrogen and oxygen atoms in total. The third-order valence-electron chi connectivity index (χ3n) is 2.09. The maximum absolute atomic E-state index is 5.24. The monoisotopic (exact) mass is 175 g/mol. The molecule has 0 saturated carbocycles. The van der Waals surface area contributed by atoms with Gasteiger partial charge in [-0.1, -0.05) is 20.8 Å². The molecule has 0 heterocycles. The van der Waals surface area contributed by atoms with Crippen LogP contribution in [0.15, 0.2) is 0 Å². The summed E-state index contributed by atoms with van der Waals surface area (Å²) in [5.74, 6) is 1.08. The summed E-state index contributed by atoms with van der Waals surface area (Å²) in [6.07, 6.45) is 0.118. The van der Waals surface area contributed by atoms with Gasteiger partial charge in [0.05, 0.1) is 0 Å². The van der Waals surface area contributed by atoms with Crippen LogP contribution in [0.25, 0.3) is 0 Å². The Labute approximate surface area is 74.1 Å². The molecule has 0 saturated heterocycles. The lowest BCUT2D eigenvalue weighted by molar-refractivity contribution is 0.123. The van der Waals surface area contributed by atoms with Crippen molar-refractivity contribution in [2.24, 2.45) is 17.6 Å². The molecule has 0 aromatic rings. The predicted octanol–water partition coefficient (Wildman–Crippen LogP) is 1.93. The van der Waals surface area contributed by atoms with Gasteiger partial charge in [-0.25, -0.2) is 0 Å². The first kappa shape index (κ1) is 10.7. The van der Waals surface area contributed by atoms with E-state index in [9.17, 15) is 0 Å². The summed E-state index contributed by atoms with van der Waals surface area (Å²) in [7, 11) is 0. The van der Waals surface area contributed by atoms with E-state index in [0.29, 0.717) is 11.8 Å². The Hall–Kier alpha value is -0.310. The zero-order valence-electron chi connectivity index (χ0n) is 7.63. The molecule has 0 aliphatic heterocycles. The van der Waals surface area contributed by atoms with Gasteiger partial charge in [0.15, 0.2) is 0 Å². The van der Waals surface area contributed by atoms with Crippen LogP contribution < -0.4 is 5.73 Å². The first-order valence-electron chi connectivity index (χ1n) is 3.91. The second-order valence-electron chi connectivity index (χ2n) is 3.25. The molecular weight excluding hydrogens is 158 g/mol. The minimum Gasteiger partial charge on any atom is -0.468 e. The summed E-state index contributed by atoms with van der Waals surface area (Å²) in [5.41, 5.74) is 5.24. The zero-order chi connectivity index (χ0) is 9.02. The molecule has 3 heteroatoms. The highest BCUT2D eigenvalue weighted by Crippen LogP contribution is 2.16. The summed E-state index contributed by atoms with van der Waals surface area (Å²) >= 11 is 4.63. The van der Waals surface area contributed by atoms with Crippen molar-refractivity contribution in [2.75, 3.05) is 0 Å². The second kappa shape index (κ2) is 4.54. The van der Waals surface area contributed by atoms with Crippen molar-refractivity contribution in [3.8, 4) is 0 Å². The van der Waals surface area contributed by atoms with Gasteiger partial charge in [0, 0.05) is 0 Å². The molecule has 0 aliphatic rings. The molecule has 66 valence electrons. The van der Waals surface area contributed by atoms with E-state index >= 15 is 0 Å². The normalized spacial score (nSPS) is 16.1. The van der Waals surface area contributed by atoms with Crippen LogP contribution in [0, 0.1) is 11.8 Å². The third kappa shape index (κ3) is 4.19. The highest BCUT2D eigenvalue weighted by molar-refractivity contribution is 7.80. The second-order valence-corrected chi connectivity index (χ2v) is 3.65. The predicted molar refractivity (Wildman–Crippen MR) is 51.3 cm³/mol. The number of rotatable bonds is 3. The van der Waals surface area contributed by atoms with Crippen molar-refractivity contribution in [3.05, 3.63) is 0 Å². The van der Waals surface area contributed by atoms with Gasteiger partial charge in [0.1, 0.15) is 6.10 Å². The van der Waals surface area contributed by atoms with Crippen molar-refractivity contribution in [2.45, 2.75) is 33.8 Å². The molecule has 0 bridgehead atoms. The average molecular weight is 175 g/mol. The van der Waals surface area contributed by atoms with E-state index in [2.05, 4.69) is 33.0 Å². The SMILES string of the molecule is CC(C)C(C)C(C)OC(N)=S. The first-order valence-corrected chi connectivity index (χ1v) is 4.32. The summed E-state index contributed by atoms with van der Waals surface area (Å²) in [4.78, 5) is 0. The van der Waals surface area contributed by atoms with Crippen molar-refractivity contribution < 1.29 is 4.74 Å². The Morgan fingerprint density at radius 2 is 1.73 bits per heavy atom. The zero-order valence-corrected chi connectivity index (χ0v) is 8.44. The largest absolute Gasteiger partial charge is 0.468 e. The number of ether oxygens (including phenoxy) is 1. The lowest BCUT2D eigenvalue weighted by Crippen LogP contribution is -2.28. The van der Waals surface area contributed by atoms with Crippen LogP contribution in [0.5, 0.6) is 0 Å². The molecule has 0 aromatic carbocycles. The Morgan fingerprint density at radius 1 is 1.27 bits per heavy atom. The molecule has 0 spiro atoms. The molecule has 2 N–H and O–H groups in total. The van der Waals surface area contributed by atoms with Crippen LogP contribution in [0.4, 0.5) is 0 Å². The summed E-state index contributed by atoms with van der Waals surface area (Å²) in [6.45, 7) is 8.44. The minimum absolute atomic E-state index is 0.118. The molecule has 11 heavy (non-hydrogen) atoms. The summed E-state index contributed by atoms with van der Waals surface area (Å²) in [5, 5.41) is 0.144. The van der Waals surface area contributed by atoms with Crippen LogP contribution in [0.3, 0.4) is 0 Å². The van der Waals surface area contributed by atoms with Crippen LogP contribution in [0.1, 0.15) is 27.7 Å². The summed E-state index contributed by atoms with van der Waals surface area (Å²) in [6, 6.07) is 0. The van der Waals surface area contributed by atoms with Crippen LogP contribution >= 0.6 is 12.2 Å². The highest BCUT2D eigenvalue weighted by atomic mass is 32.1. The van der Waals surface area contributed by atoms with Crippen LogP contribution in [-0.2, 0) is 4.74 Å². The van der Waals surface area contributed by atoms with Gasteiger partial charge in [-0.3, -0.25) is 0 Å². The number of thiocarbonyl (C=S) groups is 1. The van der Waals surface area contributed by atoms with E-state index in [-0.39, 0.29) is 11.3 Å². The summed E-state index contributed by atoms with van der Waals surface area (Å²) < 4.78 is 5.18. The Morgan fingerprint density at radius 3 is 2.00 bits per heavy atom. The average Bonchev–Trinajstić information content (AvgIpc) is 1.84. The maximum atomic E-state index is 5.24. The van der Waals surface area contributed by atoms with Crippen molar-refractivity contribution in [1.29, 1.82) is 0 Å². The molecule has 2 atom stereocenters. The topological polar surface area (TPSA) is 35.2 Å². The van der Waals surface area contributed by atoms with Gasteiger partial charge in [0.25, 0.3) is 5.17 Å². The molecule has 0 aromatic heterocycles. The highest BCUT2D eigenvalue weighted by Gasteiger charge is 2.16. The van der Waals surface area contributed by atoms with E-state index in [4.69, 9.17) is 10.5 Å². The van der Waals surface area contributed by atoms with E-state index in [0.717, 1.165) is 0 Å². The fraction of sp³-hybridized carbons (Fsp3) is 0.875. The van der Waals surface area contributed by atoms with Gasteiger partial charge < -0.3 is 10.5 Å². The molecule has 0 radical (unpaired) electrons. The molecule has 0 aliphatic carbocycles. The fourth-order valence-corrected chi connectivity index (χ4v) is 0.984. The Bertz CT molecular complexity index is 136. The van der Waals surface area contributed by atoms with E-state index < -0.39 is 0 Å². The number of nitrogens with two attached hydrogens (primary N) is 1. The van der Waals surface area contributed by atoms with Gasteiger partial charge in [-0.15, -0.1) is 0 Å². The fourth-order valence-electron chi connectivity index (χ4n) is 0.833. The van der Waals surface area contributed by atoms with Gasteiger partial charge in [-0.2, -0.15) is 0 Å². The first-order chi connectivity index (χ1) is 4.95. The maximum Gasteiger partial charge on any atom is 0.254 e.